The highest BCUT2D eigenvalue weighted by Gasteiger charge is 2.48. The summed E-state index contributed by atoms with van der Waals surface area (Å²) in [7, 11) is 0. The highest BCUT2D eigenvalue weighted by molar-refractivity contribution is 5.73. The second-order valence-corrected chi connectivity index (χ2v) is 6.73. The Morgan fingerprint density at radius 1 is 1.20 bits per heavy atom. The van der Waals surface area contributed by atoms with Crippen LogP contribution < -0.4 is 11.1 Å². The molecule has 1 aromatic heterocycles. The Bertz CT molecular complexity index is 767. The molecule has 7 heteroatoms. The van der Waals surface area contributed by atoms with Crippen LogP contribution >= 0.6 is 0 Å². The van der Waals surface area contributed by atoms with Crippen molar-refractivity contribution in [3.63, 3.8) is 0 Å². The number of nitrogen functional groups attached to an aromatic ring is 1. The third-order valence-electron chi connectivity index (χ3n) is 4.96. The highest BCUT2D eigenvalue weighted by Crippen LogP contribution is 2.53. The Hall–Kier alpha value is -2.70. The summed E-state index contributed by atoms with van der Waals surface area (Å²) in [4.78, 5) is 24.7. The van der Waals surface area contributed by atoms with Gasteiger partial charge >= 0.3 is 5.97 Å². The fourth-order valence-corrected chi connectivity index (χ4v) is 3.65. The summed E-state index contributed by atoms with van der Waals surface area (Å²) in [6.45, 7) is 0.0168. The first-order chi connectivity index (χ1) is 12.2. The fraction of sp³-hybridized carbons (Fsp3) is 0.444. The van der Waals surface area contributed by atoms with Crippen molar-refractivity contribution in [2.24, 2.45) is 17.8 Å². The molecule has 0 amide bonds. The minimum Gasteiger partial charge on any atom is -0.457 e. The zero-order valence-corrected chi connectivity index (χ0v) is 13.9. The number of nitrogens with zero attached hydrogens (tertiary/aromatic N) is 3. The number of carbonyl (C=O) groups excluding carboxylic acids is 1. The van der Waals surface area contributed by atoms with Crippen LogP contribution in [0, 0.1) is 17.8 Å². The minimum atomic E-state index is -0.135. The van der Waals surface area contributed by atoms with Gasteiger partial charge in [-0.25, -0.2) is 0 Å². The number of esters is 1. The molecule has 3 N–H and O–H groups in total. The molecule has 0 spiro atoms. The predicted molar refractivity (Wildman–Crippen MR) is 92.7 cm³/mol. The maximum absolute atomic E-state index is 12.3. The standard InChI is InChI=1S/C18H21N5O2/c19-17-21-15(22-18(23-17)20-12-6-2-1-3-7-12)10-25-16(24)13-8-4-5-11-9-14(11)13/h1-3,6-7,11,13-14H,4-5,8-10H2,(H3,19,20,21,22,23). The number of nitrogens with one attached hydrogen (secondary N) is 1. The van der Waals surface area contributed by atoms with Crippen LogP contribution in [0.25, 0.3) is 0 Å². The van der Waals surface area contributed by atoms with Gasteiger partial charge in [0.25, 0.3) is 0 Å². The highest BCUT2D eigenvalue weighted by atomic mass is 16.5. The molecule has 0 radical (unpaired) electrons. The summed E-state index contributed by atoms with van der Waals surface area (Å²) < 4.78 is 5.45. The SMILES string of the molecule is Nc1nc(COC(=O)C2CCCC3CC32)nc(Nc2ccccc2)n1. The number of rotatable bonds is 5. The number of fused-ring (bicyclic) bond motifs is 1. The van der Waals surface area contributed by atoms with E-state index in [0.29, 0.717) is 17.7 Å². The van der Waals surface area contributed by atoms with E-state index < -0.39 is 0 Å². The molecular weight excluding hydrogens is 318 g/mol. The molecule has 2 aromatic rings. The molecule has 7 nitrogen and oxygen atoms in total. The molecule has 1 aromatic carbocycles. The summed E-state index contributed by atoms with van der Waals surface area (Å²) in [6.07, 6.45) is 4.47. The largest absolute Gasteiger partial charge is 0.457 e. The lowest BCUT2D eigenvalue weighted by molar-refractivity contribution is -0.151. The number of ether oxygens (including phenoxy) is 1. The van der Waals surface area contributed by atoms with Gasteiger partial charge in [-0.3, -0.25) is 4.79 Å². The predicted octanol–water partition coefficient (Wildman–Crippen LogP) is 2.68. The van der Waals surface area contributed by atoms with Crippen LogP contribution in [0.2, 0.25) is 0 Å². The molecule has 2 aliphatic carbocycles. The van der Waals surface area contributed by atoms with E-state index >= 15 is 0 Å². The average molecular weight is 339 g/mol. The summed E-state index contributed by atoms with van der Waals surface area (Å²) >= 11 is 0. The number of hydrogen-bond acceptors (Lipinski definition) is 7. The van der Waals surface area contributed by atoms with Gasteiger partial charge in [0.2, 0.25) is 11.9 Å². The zero-order chi connectivity index (χ0) is 17.2. The van der Waals surface area contributed by atoms with Crippen molar-refractivity contribution in [1.82, 2.24) is 15.0 Å². The monoisotopic (exact) mass is 339 g/mol. The number of nitrogens with two attached hydrogens (primary N) is 1. The van der Waals surface area contributed by atoms with Crippen molar-refractivity contribution in [2.45, 2.75) is 32.3 Å². The molecule has 1 heterocycles. The van der Waals surface area contributed by atoms with E-state index in [4.69, 9.17) is 10.5 Å². The lowest BCUT2D eigenvalue weighted by Crippen LogP contribution is -2.23. The van der Waals surface area contributed by atoms with E-state index in [1.165, 1.54) is 12.8 Å². The summed E-state index contributed by atoms with van der Waals surface area (Å²) in [5, 5.41) is 3.07. The van der Waals surface area contributed by atoms with Crippen molar-refractivity contribution in [1.29, 1.82) is 0 Å². The summed E-state index contributed by atoms with van der Waals surface area (Å²) in [6, 6.07) is 9.53. The van der Waals surface area contributed by atoms with E-state index in [0.717, 1.165) is 24.4 Å². The van der Waals surface area contributed by atoms with E-state index in [2.05, 4.69) is 20.3 Å². The Morgan fingerprint density at radius 2 is 2.04 bits per heavy atom. The summed E-state index contributed by atoms with van der Waals surface area (Å²) in [5.74, 6) is 1.95. The lowest BCUT2D eigenvalue weighted by atomic mass is 9.89. The summed E-state index contributed by atoms with van der Waals surface area (Å²) in [5.41, 5.74) is 6.59. The molecule has 2 saturated carbocycles. The Balaban J connectivity index is 1.39. The zero-order valence-electron chi connectivity index (χ0n) is 13.9. The topological polar surface area (TPSA) is 103 Å². The van der Waals surface area contributed by atoms with E-state index in [9.17, 15) is 4.79 Å². The van der Waals surface area contributed by atoms with Gasteiger partial charge in [-0.05, 0) is 36.8 Å². The Kier molecular flexibility index (Phi) is 4.21. The second-order valence-electron chi connectivity index (χ2n) is 6.73. The maximum Gasteiger partial charge on any atom is 0.309 e. The molecule has 3 atom stereocenters. The number of aromatic nitrogens is 3. The number of benzene rings is 1. The molecule has 0 bridgehead atoms. The smallest absolute Gasteiger partial charge is 0.309 e. The minimum absolute atomic E-state index is 0.0168. The first kappa shape index (κ1) is 15.8. The van der Waals surface area contributed by atoms with Crippen molar-refractivity contribution < 1.29 is 9.53 Å². The maximum atomic E-state index is 12.3. The van der Waals surface area contributed by atoms with E-state index in [-0.39, 0.29) is 24.4 Å². The molecule has 4 rings (SSSR count). The first-order valence-corrected chi connectivity index (χ1v) is 8.68. The number of carbonyl (C=O) groups is 1. The third kappa shape index (κ3) is 3.70. The van der Waals surface area contributed by atoms with Gasteiger partial charge in [0, 0.05) is 5.69 Å². The lowest BCUT2D eigenvalue weighted by Gasteiger charge is -2.19. The average Bonchev–Trinajstić information content (AvgIpc) is 3.40. The molecule has 2 aliphatic rings. The number of para-hydroxylation sites is 1. The van der Waals surface area contributed by atoms with Crippen LogP contribution in [0.3, 0.4) is 0 Å². The van der Waals surface area contributed by atoms with Gasteiger partial charge in [-0.2, -0.15) is 15.0 Å². The molecule has 25 heavy (non-hydrogen) atoms. The van der Waals surface area contributed by atoms with Gasteiger partial charge in [0.1, 0.15) is 0 Å². The molecule has 2 fully saturated rings. The van der Waals surface area contributed by atoms with Gasteiger partial charge < -0.3 is 15.8 Å². The normalized spacial score (nSPS) is 24.2. The van der Waals surface area contributed by atoms with Gasteiger partial charge in [0.05, 0.1) is 5.92 Å². The van der Waals surface area contributed by atoms with Crippen LogP contribution in [0.15, 0.2) is 30.3 Å². The fourth-order valence-electron chi connectivity index (χ4n) is 3.65. The van der Waals surface area contributed by atoms with Gasteiger partial charge in [-0.1, -0.05) is 31.0 Å². The van der Waals surface area contributed by atoms with Crippen LogP contribution in [0.4, 0.5) is 17.6 Å². The van der Waals surface area contributed by atoms with Crippen LogP contribution in [-0.2, 0) is 16.1 Å². The third-order valence-corrected chi connectivity index (χ3v) is 4.96. The van der Waals surface area contributed by atoms with Gasteiger partial charge in [0.15, 0.2) is 12.4 Å². The van der Waals surface area contributed by atoms with E-state index in [1.54, 1.807) is 0 Å². The number of hydrogen-bond donors (Lipinski definition) is 2. The van der Waals surface area contributed by atoms with Crippen LogP contribution in [0.1, 0.15) is 31.5 Å². The molecule has 0 aliphatic heterocycles. The van der Waals surface area contributed by atoms with Crippen LogP contribution in [-0.4, -0.2) is 20.9 Å². The molecule has 130 valence electrons. The van der Waals surface area contributed by atoms with Gasteiger partial charge in [-0.15, -0.1) is 0 Å². The van der Waals surface area contributed by atoms with Crippen molar-refractivity contribution in [2.75, 3.05) is 11.1 Å². The van der Waals surface area contributed by atoms with E-state index in [1.807, 2.05) is 30.3 Å². The Morgan fingerprint density at radius 3 is 2.88 bits per heavy atom. The van der Waals surface area contributed by atoms with Crippen LogP contribution in [0.5, 0.6) is 0 Å². The van der Waals surface area contributed by atoms with Crippen molar-refractivity contribution in [3.8, 4) is 0 Å². The molecule has 0 saturated heterocycles. The van der Waals surface area contributed by atoms with Crippen molar-refractivity contribution >= 4 is 23.6 Å². The molecular formula is C18H21N5O2. The second kappa shape index (κ2) is 6.66. The molecule has 3 unspecified atom stereocenters. The quantitative estimate of drug-likeness (QED) is 0.807. The number of anilines is 3. The Labute approximate surface area is 146 Å². The van der Waals surface area contributed by atoms with Crippen molar-refractivity contribution in [3.05, 3.63) is 36.2 Å². The first-order valence-electron chi connectivity index (χ1n) is 8.68.